The van der Waals surface area contributed by atoms with Crippen LogP contribution in [0.25, 0.3) is 56.0 Å². The number of rotatable bonds is 3. The Bertz CT molecular complexity index is 1620. The van der Waals surface area contributed by atoms with Crippen molar-refractivity contribution in [3.8, 4) is 33.9 Å². The summed E-state index contributed by atoms with van der Waals surface area (Å²) in [6.45, 7) is 0. The molecule has 0 amide bonds. The van der Waals surface area contributed by atoms with Gasteiger partial charge in [0.05, 0.1) is 27.9 Å². The van der Waals surface area contributed by atoms with E-state index >= 15 is 0 Å². The van der Waals surface area contributed by atoms with Gasteiger partial charge in [0, 0.05) is 29.1 Å². The highest BCUT2D eigenvalue weighted by molar-refractivity contribution is 5.96. The molecule has 0 bridgehead atoms. The third-order valence-corrected chi connectivity index (χ3v) is 5.36. The molecule has 6 aromatic rings. The molecular weight excluding hydrogens is 405 g/mol. The number of nitrogen functional groups attached to an aromatic ring is 1. The smallest absolute Gasteiger partial charge is 0.161 e. The number of hydrogen-bond donors (Lipinski definition) is 3. The highest BCUT2D eigenvalue weighted by atomic mass is 19.1. The first kappa shape index (κ1) is 18.2. The molecule has 7 nitrogen and oxygen atoms in total. The van der Waals surface area contributed by atoms with E-state index in [2.05, 4.69) is 20.2 Å². The van der Waals surface area contributed by atoms with Crippen molar-refractivity contribution in [3.63, 3.8) is 0 Å². The molecule has 0 spiro atoms. The van der Waals surface area contributed by atoms with Crippen LogP contribution in [0.4, 0.5) is 10.1 Å². The van der Waals surface area contributed by atoms with Gasteiger partial charge in [-0.05, 0) is 30.3 Å². The zero-order chi connectivity index (χ0) is 21.7. The van der Waals surface area contributed by atoms with E-state index in [1.807, 2.05) is 42.5 Å². The number of anilines is 1. The number of H-pyrrole nitrogens is 2. The predicted molar refractivity (Wildman–Crippen MR) is 122 cm³/mol. The van der Waals surface area contributed by atoms with E-state index in [0.717, 1.165) is 22.3 Å². The van der Waals surface area contributed by atoms with Gasteiger partial charge < -0.3 is 10.7 Å². The molecule has 0 radical (unpaired) electrons. The van der Waals surface area contributed by atoms with Crippen LogP contribution < -0.4 is 5.73 Å². The number of para-hydroxylation sites is 1. The van der Waals surface area contributed by atoms with E-state index in [9.17, 15) is 4.39 Å². The van der Waals surface area contributed by atoms with Crippen LogP contribution in [0.2, 0.25) is 0 Å². The van der Waals surface area contributed by atoms with Crippen LogP contribution in [0.1, 0.15) is 0 Å². The van der Waals surface area contributed by atoms with Crippen LogP contribution in [0, 0.1) is 5.82 Å². The summed E-state index contributed by atoms with van der Waals surface area (Å²) in [5.74, 6) is 0.252. The monoisotopic (exact) mass is 421 g/mol. The van der Waals surface area contributed by atoms with Crippen LogP contribution in [0.5, 0.6) is 0 Å². The molecule has 0 saturated heterocycles. The van der Waals surface area contributed by atoms with Gasteiger partial charge >= 0.3 is 0 Å². The Balaban J connectivity index is 1.52. The molecular formula is C24H16FN7. The number of pyridine rings is 2. The molecule has 0 saturated carbocycles. The largest absolute Gasteiger partial charge is 0.397 e. The van der Waals surface area contributed by atoms with Crippen LogP contribution >= 0.6 is 0 Å². The third kappa shape index (κ3) is 2.89. The van der Waals surface area contributed by atoms with Gasteiger partial charge in [-0.2, -0.15) is 5.10 Å². The van der Waals surface area contributed by atoms with Gasteiger partial charge in [0.15, 0.2) is 11.5 Å². The molecule has 4 heterocycles. The molecule has 8 heteroatoms. The van der Waals surface area contributed by atoms with Crippen LogP contribution in [-0.4, -0.2) is 30.1 Å². The summed E-state index contributed by atoms with van der Waals surface area (Å²) in [5.41, 5.74) is 12.7. The molecule has 4 N–H and O–H groups in total. The minimum absolute atomic E-state index is 0.295. The lowest BCUT2D eigenvalue weighted by atomic mass is 10.0. The maximum absolute atomic E-state index is 14.4. The second kappa shape index (κ2) is 6.98. The van der Waals surface area contributed by atoms with Crippen molar-refractivity contribution in [1.29, 1.82) is 0 Å². The van der Waals surface area contributed by atoms with Gasteiger partial charge in [-0.1, -0.05) is 30.3 Å². The van der Waals surface area contributed by atoms with Gasteiger partial charge in [0.25, 0.3) is 0 Å². The van der Waals surface area contributed by atoms with E-state index in [1.54, 1.807) is 24.5 Å². The Hall–Kier alpha value is -4.59. The molecule has 4 aromatic heterocycles. The van der Waals surface area contributed by atoms with Crippen molar-refractivity contribution in [2.24, 2.45) is 0 Å². The minimum atomic E-state index is -0.295. The number of hydrogen-bond acceptors (Lipinski definition) is 5. The standard InChI is InChI=1S/C24H16FN7/c25-17-6-2-1-4-15(17)16-5-3-7-19-21(16)30-24(29-19)23-22-20(31-32-23)9-8-18(28-22)13-10-14(26)12-27-11-13/h1-12H,26H2,(H,29,30)(H,31,32). The first-order valence-electron chi connectivity index (χ1n) is 9.97. The molecule has 2 aromatic carbocycles. The van der Waals surface area contributed by atoms with Crippen molar-refractivity contribution >= 4 is 27.8 Å². The van der Waals surface area contributed by atoms with E-state index in [1.165, 1.54) is 6.07 Å². The fourth-order valence-corrected chi connectivity index (χ4v) is 3.86. The van der Waals surface area contributed by atoms with Gasteiger partial charge in [-0.15, -0.1) is 0 Å². The van der Waals surface area contributed by atoms with E-state index < -0.39 is 0 Å². The fraction of sp³-hybridized carbons (Fsp3) is 0. The van der Waals surface area contributed by atoms with Crippen LogP contribution in [-0.2, 0) is 0 Å². The Morgan fingerprint density at radius 1 is 0.812 bits per heavy atom. The molecule has 0 aliphatic heterocycles. The highest BCUT2D eigenvalue weighted by Crippen LogP contribution is 2.32. The summed E-state index contributed by atoms with van der Waals surface area (Å²) in [6, 6.07) is 17.9. The topological polar surface area (TPSA) is 109 Å². The van der Waals surface area contributed by atoms with Gasteiger partial charge in [-0.25, -0.2) is 14.4 Å². The number of nitrogens with two attached hydrogens (primary N) is 1. The zero-order valence-electron chi connectivity index (χ0n) is 16.7. The van der Waals surface area contributed by atoms with E-state index in [4.69, 9.17) is 15.7 Å². The fourth-order valence-electron chi connectivity index (χ4n) is 3.86. The highest BCUT2D eigenvalue weighted by Gasteiger charge is 2.17. The van der Waals surface area contributed by atoms with Gasteiger partial charge in [0.1, 0.15) is 11.3 Å². The lowest BCUT2D eigenvalue weighted by Crippen LogP contribution is -1.90. The first-order valence-corrected chi connectivity index (χ1v) is 9.97. The summed E-state index contributed by atoms with van der Waals surface area (Å²) in [7, 11) is 0. The quantitative estimate of drug-likeness (QED) is 0.374. The molecule has 0 atom stereocenters. The van der Waals surface area contributed by atoms with E-state index in [-0.39, 0.29) is 5.82 Å². The number of nitrogens with zero attached hydrogens (tertiary/aromatic N) is 4. The average molecular weight is 421 g/mol. The molecule has 0 aliphatic rings. The maximum atomic E-state index is 14.4. The number of imidazole rings is 1. The molecule has 0 aliphatic carbocycles. The average Bonchev–Trinajstić information content (AvgIpc) is 3.43. The Morgan fingerprint density at radius 2 is 1.69 bits per heavy atom. The van der Waals surface area contributed by atoms with Crippen molar-refractivity contribution in [2.75, 3.05) is 5.73 Å². The summed E-state index contributed by atoms with van der Waals surface area (Å²) in [6.07, 6.45) is 3.30. The van der Waals surface area contributed by atoms with Crippen LogP contribution in [0.15, 0.2) is 73.1 Å². The van der Waals surface area contributed by atoms with Crippen LogP contribution in [0.3, 0.4) is 0 Å². The number of nitrogens with one attached hydrogen (secondary N) is 2. The number of aromatic amines is 2. The molecule has 6 rings (SSSR count). The Kier molecular flexibility index (Phi) is 3.97. The lowest BCUT2D eigenvalue weighted by molar-refractivity contribution is 0.631. The van der Waals surface area contributed by atoms with Crippen molar-refractivity contribution in [3.05, 3.63) is 78.9 Å². The zero-order valence-corrected chi connectivity index (χ0v) is 16.7. The summed E-state index contributed by atoms with van der Waals surface area (Å²) in [5, 5.41) is 7.44. The number of halogens is 1. The molecule has 32 heavy (non-hydrogen) atoms. The molecule has 154 valence electrons. The van der Waals surface area contributed by atoms with Crippen molar-refractivity contribution in [2.45, 2.75) is 0 Å². The lowest BCUT2D eigenvalue weighted by Gasteiger charge is -2.03. The second-order valence-electron chi connectivity index (χ2n) is 7.44. The van der Waals surface area contributed by atoms with Crippen molar-refractivity contribution < 1.29 is 4.39 Å². The Morgan fingerprint density at radius 3 is 2.56 bits per heavy atom. The minimum Gasteiger partial charge on any atom is -0.397 e. The van der Waals surface area contributed by atoms with Gasteiger partial charge in [0.2, 0.25) is 0 Å². The summed E-state index contributed by atoms with van der Waals surface area (Å²) < 4.78 is 14.4. The van der Waals surface area contributed by atoms with E-state index in [0.29, 0.717) is 39.4 Å². The third-order valence-electron chi connectivity index (χ3n) is 5.36. The normalized spacial score (nSPS) is 11.4. The Labute approximate surface area is 181 Å². The first-order chi connectivity index (χ1) is 15.7. The number of benzene rings is 2. The summed E-state index contributed by atoms with van der Waals surface area (Å²) in [4.78, 5) is 17.0. The van der Waals surface area contributed by atoms with Crippen molar-refractivity contribution in [1.82, 2.24) is 30.1 Å². The SMILES string of the molecule is Nc1cncc(-c2ccc3[nH]nc(-c4nc5c(-c6ccccc6F)cccc5[nH]4)c3n2)c1. The molecule has 0 unspecified atom stereocenters. The number of aromatic nitrogens is 6. The maximum Gasteiger partial charge on any atom is 0.161 e. The second-order valence-corrected chi connectivity index (χ2v) is 7.44. The summed E-state index contributed by atoms with van der Waals surface area (Å²) >= 11 is 0. The molecule has 0 fully saturated rings. The van der Waals surface area contributed by atoms with Gasteiger partial charge in [-0.3, -0.25) is 10.1 Å². The predicted octanol–water partition coefficient (Wildman–Crippen LogP) is 4.95. The number of fused-ring (bicyclic) bond motifs is 2.